The van der Waals surface area contributed by atoms with E-state index >= 15 is 0 Å². The number of piperidine rings is 1. The van der Waals surface area contributed by atoms with Crippen LogP contribution in [-0.4, -0.2) is 41.7 Å². The van der Waals surface area contributed by atoms with E-state index in [4.69, 9.17) is 4.74 Å². The summed E-state index contributed by atoms with van der Waals surface area (Å²) in [5, 5.41) is 12.6. The predicted octanol–water partition coefficient (Wildman–Crippen LogP) is 2.87. The molecule has 0 aliphatic carbocycles. The van der Waals surface area contributed by atoms with Gasteiger partial charge in [0, 0.05) is 6.54 Å². The number of aliphatic hydroxyl groups excluding tert-OH is 1. The third kappa shape index (κ3) is 4.57. The number of aliphatic hydroxyl groups is 1. The van der Waals surface area contributed by atoms with Crippen LogP contribution in [0.4, 0.5) is 5.69 Å². The molecule has 3 rings (SSSR count). The standard InChI is InChI=1S/C19H22N2O3/c22-15-7-6-12-21(13-15)14-19(23)20-17-10-4-5-11-18(17)24-16-8-2-1-3-9-16/h1-5,8-11,15,22H,6-7,12-14H2,(H,20,23). The maximum atomic E-state index is 12.3. The molecule has 1 unspecified atom stereocenters. The van der Waals surface area contributed by atoms with Gasteiger partial charge in [-0.3, -0.25) is 9.69 Å². The van der Waals surface area contributed by atoms with Crippen molar-refractivity contribution in [2.24, 2.45) is 0 Å². The second-order valence-corrected chi connectivity index (χ2v) is 5.99. The number of likely N-dealkylation sites (tertiary alicyclic amines) is 1. The lowest BCUT2D eigenvalue weighted by molar-refractivity contribution is -0.118. The summed E-state index contributed by atoms with van der Waals surface area (Å²) in [5.41, 5.74) is 0.643. The lowest BCUT2D eigenvalue weighted by atomic mass is 10.1. The number of rotatable bonds is 5. The molecule has 1 aliphatic rings. The van der Waals surface area contributed by atoms with Crippen molar-refractivity contribution < 1.29 is 14.6 Å². The van der Waals surface area contributed by atoms with Crippen LogP contribution >= 0.6 is 0 Å². The van der Waals surface area contributed by atoms with Crippen molar-refractivity contribution in [2.45, 2.75) is 18.9 Å². The maximum absolute atomic E-state index is 12.3. The largest absolute Gasteiger partial charge is 0.455 e. The van der Waals surface area contributed by atoms with Crippen LogP contribution in [0.15, 0.2) is 54.6 Å². The summed E-state index contributed by atoms with van der Waals surface area (Å²) < 4.78 is 5.85. The number of anilines is 1. The van der Waals surface area contributed by atoms with E-state index in [1.807, 2.05) is 59.5 Å². The number of hydrogen-bond acceptors (Lipinski definition) is 4. The second kappa shape index (κ2) is 7.95. The number of carbonyl (C=O) groups excluding carboxylic acids is 1. The van der Waals surface area contributed by atoms with Gasteiger partial charge < -0.3 is 15.2 Å². The number of carbonyl (C=O) groups is 1. The van der Waals surface area contributed by atoms with Crippen molar-refractivity contribution in [1.29, 1.82) is 0 Å². The Hall–Kier alpha value is -2.37. The third-order valence-corrected chi connectivity index (χ3v) is 3.98. The molecule has 1 fully saturated rings. The van der Waals surface area contributed by atoms with Gasteiger partial charge in [-0.1, -0.05) is 30.3 Å². The quantitative estimate of drug-likeness (QED) is 0.887. The summed E-state index contributed by atoms with van der Waals surface area (Å²) >= 11 is 0. The van der Waals surface area contributed by atoms with Crippen LogP contribution < -0.4 is 10.1 Å². The van der Waals surface area contributed by atoms with Crippen LogP contribution in [0.5, 0.6) is 11.5 Å². The topological polar surface area (TPSA) is 61.8 Å². The number of nitrogens with zero attached hydrogens (tertiary/aromatic N) is 1. The van der Waals surface area contributed by atoms with Crippen molar-refractivity contribution in [2.75, 3.05) is 25.0 Å². The maximum Gasteiger partial charge on any atom is 0.238 e. The Morgan fingerprint density at radius 3 is 2.71 bits per heavy atom. The SMILES string of the molecule is O=C(CN1CCCC(O)C1)Nc1ccccc1Oc1ccccc1. The molecule has 5 nitrogen and oxygen atoms in total. The molecular formula is C19H22N2O3. The second-order valence-electron chi connectivity index (χ2n) is 5.99. The first-order valence-corrected chi connectivity index (χ1v) is 8.23. The summed E-state index contributed by atoms with van der Waals surface area (Å²) in [7, 11) is 0. The fourth-order valence-electron chi connectivity index (χ4n) is 2.84. The van der Waals surface area contributed by atoms with Gasteiger partial charge in [0.25, 0.3) is 0 Å². The van der Waals surface area contributed by atoms with Gasteiger partial charge in [0.2, 0.25) is 5.91 Å². The van der Waals surface area contributed by atoms with Gasteiger partial charge in [-0.15, -0.1) is 0 Å². The molecule has 0 radical (unpaired) electrons. The van der Waals surface area contributed by atoms with Gasteiger partial charge in [0.15, 0.2) is 5.75 Å². The zero-order chi connectivity index (χ0) is 16.8. The monoisotopic (exact) mass is 326 g/mol. The minimum absolute atomic E-state index is 0.104. The molecule has 2 aromatic rings. The van der Waals surface area contributed by atoms with Crippen LogP contribution in [0.3, 0.4) is 0 Å². The first-order chi connectivity index (χ1) is 11.7. The predicted molar refractivity (Wildman–Crippen MR) is 93.3 cm³/mol. The Labute approximate surface area is 141 Å². The lowest BCUT2D eigenvalue weighted by Crippen LogP contribution is -2.42. The minimum Gasteiger partial charge on any atom is -0.455 e. The van der Waals surface area contributed by atoms with E-state index < -0.39 is 0 Å². The molecule has 126 valence electrons. The van der Waals surface area contributed by atoms with Gasteiger partial charge in [-0.25, -0.2) is 0 Å². The highest BCUT2D eigenvalue weighted by Crippen LogP contribution is 2.29. The molecule has 1 aliphatic heterocycles. The number of nitrogens with one attached hydrogen (secondary N) is 1. The van der Waals surface area contributed by atoms with E-state index in [1.54, 1.807) is 0 Å². The molecule has 1 atom stereocenters. The number of β-amino-alcohol motifs (C(OH)–C–C–N with tert-alkyl or cyclic N) is 1. The lowest BCUT2D eigenvalue weighted by Gasteiger charge is -2.29. The molecule has 0 bridgehead atoms. The molecular weight excluding hydrogens is 304 g/mol. The van der Waals surface area contributed by atoms with Crippen molar-refractivity contribution in [3.05, 3.63) is 54.6 Å². The van der Waals surface area contributed by atoms with Crippen molar-refractivity contribution in [3.8, 4) is 11.5 Å². The fraction of sp³-hybridized carbons (Fsp3) is 0.316. The number of hydrogen-bond donors (Lipinski definition) is 2. The highest BCUT2D eigenvalue weighted by atomic mass is 16.5. The van der Waals surface area contributed by atoms with Crippen molar-refractivity contribution in [1.82, 2.24) is 4.90 Å². The van der Waals surface area contributed by atoms with Crippen LogP contribution in [0.1, 0.15) is 12.8 Å². The normalized spacial score (nSPS) is 18.1. The third-order valence-electron chi connectivity index (χ3n) is 3.98. The molecule has 1 saturated heterocycles. The molecule has 1 heterocycles. The highest BCUT2D eigenvalue weighted by Gasteiger charge is 2.20. The van der Waals surface area contributed by atoms with Crippen LogP contribution in [0.25, 0.3) is 0 Å². The molecule has 24 heavy (non-hydrogen) atoms. The van der Waals surface area contributed by atoms with Crippen LogP contribution in [0.2, 0.25) is 0 Å². The molecule has 2 aromatic carbocycles. The van der Waals surface area contributed by atoms with Gasteiger partial charge in [0.1, 0.15) is 5.75 Å². The van der Waals surface area contributed by atoms with E-state index in [1.165, 1.54) is 0 Å². The average Bonchev–Trinajstić information content (AvgIpc) is 2.57. The van der Waals surface area contributed by atoms with Gasteiger partial charge in [-0.05, 0) is 43.7 Å². The zero-order valence-electron chi connectivity index (χ0n) is 13.5. The smallest absolute Gasteiger partial charge is 0.238 e. The molecule has 0 spiro atoms. The van der Waals surface area contributed by atoms with E-state index in [2.05, 4.69) is 5.32 Å². The molecule has 2 N–H and O–H groups in total. The Kier molecular flexibility index (Phi) is 5.46. The molecule has 1 amide bonds. The summed E-state index contributed by atoms with van der Waals surface area (Å²) in [6.07, 6.45) is 1.40. The summed E-state index contributed by atoms with van der Waals surface area (Å²) in [4.78, 5) is 14.3. The zero-order valence-corrected chi connectivity index (χ0v) is 13.5. The van der Waals surface area contributed by atoms with E-state index in [9.17, 15) is 9.90 Å². The molecule has 0 saturated carbocycles. The van der Waals surface area contributed by atoms with E-state index in [0.29, 0.717) is 18.0 Å². The first-order valence-electron chi connectivity index (χ1n) is 8.23. The van der Waals surface area contributed by atoms with Crippen LogP contribution in [0, 0.1) is 0 Å². The highest BCUT2D eigenvalue weighted by molar-refractivity contribution is 5.93. The summed E-state index contributed by atoms with van der Waals surface area (Å²) in [6, 6.07) is 16.8. The molecule has 0 aromatic heterocycles. The van der Waals surface area contributed by atoms with E-state index in [0.717, 1.165) is 25.1 Å². The van der Waals surface area contributed by atoms with Crippen molar-refractivity contribution in [3.63, 3.8) is 0 Å². The Balaban J connectivity index is 1.63. The Morgan fingerprint density at radius 2 is 1.92 bits per heavy atom. The number of benzene rings is 2. The Morgan fingerprint density at radius 1 is 1.17 bits per heavy atom. The number of amides is 1. The van der Waals surface area contributed by atoms with Gasteiger partial charge >= 0.3 is 0 Å². The van der Waals surface area contributed by atoms with Crippen LogP contribution in [-0.2, 0) is 4.79 Å². The first kappa shape index (κ1) is 16.5. The number of ether oxygens (including phenoxy) is 1. The summed E-state index contributed by atoms with van der Waals surface area (Å²) in [5.74, 6) is 1.22. The number of para-hydroxylation sites is 3. The van der Waals surface area contributed by atoms with Gasteiger partial charge in [-0.2, -0.15) is 0 Å². The van der Waals surface area contributed by atoms with E-state index in [-0.39, 0.29) is 18.6 Å². The average molecular weight is 326 g/mol. The minimum atomic E-state index is -0.333. The summed E-state index contributed by atoms with van der Waals surface area (Å²) in [6.45, 7) is 1.67. The van der Waals surface area contributed by atoms with Crippen molar-refractivity contribution >= 4 is 11.6 Å². The fourth-order valence-corrected chi connectivity index (χ4v) is 2.84. The van der Waals surface area contributed by atoms with Gasteiger partial charge in [0.05, 0.1) is 18.3 Å². The molecule has 5 heteroatoms. The Bertz CT molecular complexity index is 675.